The minimum atomic E-state index is -0.594. The summed E-state index contributed by atoms with van der Waals surface area (Å²) in [6.45, 7) is 0. The van der Waals surface area contributed by atoms with E-state index in [1.54, 1.807) is 48.2 Å². The van der Waals surface area contributed by atoms with Crippen LogP contribution in [0, 0.1) is 17.5 Å². The van der Waals surface area contributed by atoms with Gasteiger partial charge in [-0.2, -0.15) is 0 Å². The fourth-order valence-electron chi connectivity index (χ4n) is 3.80. The van der Waals surface area contributed by atoms with E-state index in [2.05, 4.69) is 0 Å². The van der Waals surface area contributed by atoms with Gasteiger partial charge in [-0.05, 0) is 109 Å². The van der Waals surface area contributed by atoms with E-state index in [-0.39, 0.29) is 23.2 Å². The molecule has 0 bridgehead atoms. The molecule has 5 aromatic rings. The van der Waals surface area contributed by atoms with Crippen LogP contribution in [-0.2, 0) is 10.9 Å². The summed E-state index contributed by atoms with van der Waals surface area (Å²) >= 11 is 1.55. The maximum atomic E-state index is 13.7. The number of carbonyl (C=O) groups is 1. The van der Waals surface area contributed by atoms with Gasteiger partial charge in [-0.1, -0.05) is 23.9 Å². The van der Waals surface area contributed by atoms with Gasteiger partial charge in [0.15, 0.2) is 20.5 Å². The molecule has 1 nitrogen and oxygen atoms in total. The van der Waals surface area contributed by atoms with E-state index in [1.165, 1.54) is 48.5 Å². The lowest BCUT2D eigenvalue weighted by Crippen LogP contribution is -2.06. The Bertz CT molecular complexity index is 1470. The first-order valence-corrected chi connectivity index (χ1v) is 13.4. The predicted octanol–water partition coefficient (Wildman–Crippen LogP) is 8.58. The lowest BCUT2D eigenvalue weighted by molar-refractivity contribution is 0.103. The van der Waals surface area contributed by atoms with Gasteiger partial charge in [0.2, 0.25) is 0 Å². The van der Waals surface area contributed by atoms with E-state index in [0.717, 1.165) is 24.5 Å². The number of hydrogen-bond donors (Lipinski definition) is 0. The van der Waals surface area contributed by atoms with Crippen LogP contribution in [0.15, 0.2) is 146 Å². The minimum absolute atomic E-state index is 0.175. The van der Waals surface area contributed by atoms with Crippen molar-refractivity contribution in [3.05, 3.63) is 150 Å². The van der Waals surface area contributed by atoms with Crippen molar-refractivity contribution in [1.29, 1.82) is 0 Å². The Hall–Kier alpha value is -3.74. The van der Waals surface area contributed by atoms with Gasteiger partial charge in [-0.3, -0.25) is 4.79 Å². The van der Waals surface area contributed by atoms with Crippen molar-refractivity contribution < 1.29 is 18.0 Å². The maximum absolute atomic E-state index is 13.7. The van der Waals surface area contributed by atoms with Gasteiger partial charge >= 0.3 is 0 Å². The molecule has 0 amide bonds. The van der Waals surface area contributed by atoms with Crippen LogP contribution in [-0.4, -0.2) is 5.78 Å². The first kappa shape index (κ1) is 24.9. The molecule has 5 rings (SSSR count). The van der Waals surface area contributed by atoms with Crippen molar-refractivity contribution in [2.24, 2.45) is 0 Å². The average Bonchev–Trinajstić information content (AvgIpc) is 2.92. The summed E-state index contributed by atoms with van der Waals surface area (Å²) in [4.78, 5) is 17.5. The summed E-state index contributed by atoms with van der Waals surface area (Å²) in [6.07, 6.45) is 0. The van der Waals surface area contributed by atoms with Gasteiger partial charge in [-0.15, -0.1) is 0 Å². The highest BCUT2D eigenvalue weighted by molar-refractivity contribution is 8.01. The minimum Gasteiger partial charge on any atom is -0.289 e. The Morgan fingerprint density at radius 3 is 1.49 bits per heavy atom. The molecule has 0 aliphatic rings. The summed E-state index contributed by atoms with van der Waals surface area (Å²) in [7, 11) is -0.594. The van der Waals surface area contributed by atoms with Gasteiger partial charge in [0.05, 0.1) is 4.90 Å². The average molecular weight is 530 g/mol. The molecule has 0 saturated carbocycles. The van der Waals surface area contributed by atoms with Crippen molar-refractivity contribution in [2.45, 2.75) is 24.5 Å². The van der Waals surface area contributed by atoms with Crippen molar-refractivity contribution in [2.75, 3.05) is 0 Å². The molecular weight excluding hydrogens is 509 g/mol. The molecule has 0 aliphatic carbocycles. The van der Waals surface area contributed by atoms with Crippen LogP contribution in [0.1, 0.15) is 15.9 Å². The monoisotopic (exact) mass is 529 g/mol. The molecule has 182 valence electrons. The van der Waals surface area contributed by atoms with Gasteiger partial charge in [0, 0.05) is 16.0 Å². The molecular formula is C31H20F3OS2+. The molecule has 0 unspecified atom stereocenters. The first-order chi connectivity index (χ1) is 18.0. The fourth-order valence-corrected chi connectivity index (χ4v) is 7.10. The second-order valence-corrected chi connectivity index (χ2v) is 11.2. The Labute approximate surface area is 220 Å². The zero-order valence-corrected chi connectivity index (χ0v) is 21.0. The van der Waals surface area contributed by atoms with E-state index in [9.17, 15) is 18.0 Å². The molecule has 0 atom stereocenters. The Balaban J connectivity index is 1.47. The standard InChI is InChI=1S/C31H20F3OS2/c32-23-9-5-21(6-10-23)31(35)22-7-15-26(16-8-22)36-29-3-1-2-4-30(29)37(27-17-11-24(33)12-18-27)28-19-13-25(34)14-20-28/h1-20H/q+1. The van der Waals surface area contributed by atoms with Crippen LogP contribution >= 0.6 is 11.8 Å². The summed E-state index contributed by atoms with van der Waals surface area (Å²) in [5.41, 5.74) is 0.941. The largest absolute Gasteiger partial charge is 0.289 e. The van der Waals surface area contributed by atoms with E-state index < -0.39 is 10.9 Å². The highest BCUT2D eigenvalue weighted by Gasteiger charge is 2.31. The Morgan fingerprint density at radius 2 is 0.973 bits per heavy atom. The summed E-state index contributed by atoms with van der Waals surface area (Å²) < 4.78 is 40.6. The van der Waals surface area contributed by atoms with Crippen molar-refractivity contribution >= 4 is 28.4 Å². The third-order valence-electron chi connectivity index (χ3n) is 5.62. The molecule has 0 spiro atoms. The van der Waals surface area contributed by atoms with Crippen molar-refractivity contribution in [3.63, 3.8) is 0 Å². The van der Waals surface area contributed by atoms with E-state index >= 15 is 0 Å². The third-order valence-corrected chi connectivity index (χ3v) is 9.11. The van der Waals surface area contributed by atoms with Crippen molar-refractivity contribution in [1.82, 2.24) is 0 Å². The SMILES string of the molecule is O=C(c1ccc(F)cc1)c1ccc(Sc2ccccc2[S+](c2ccc(F)cc2)c2ccc(F)cc2)cc1. The van der Waals surface area contributed by atoms with Crippen molar-refractivity contribution in [3.8, 4) is 0 Å². The zero-order valence-electron chi connectivity index (χ0n) is 19.4. The molecule has 37 heavy (non-hydrogen) atoms. The Kier molecular flexibility index (Phi) is 7.49. The lowest BCUT2D eigenvalue weighted by Gasteiger charge is -2.12. The second-order valence-electron chi connectivity index (χ2n) is 8.12. The molecule has 6 heteroatoms. The number of rotatable bonds is 7. The third kappa shape index (κ3) is 5.82. The number of hydrogen-bond acceptors (Lipinski definition) is 2. The second kappa shape index (κ2) is 11.1. The van der Waals surface area contributed by atoms with E-state index in [0.29, 0.717) is 11.1 Å². The predicted molar refractivity (Wildman–Crippen MR) is 142 cm³/mol. The summed E-state index contributed by atoms with van der Waals surface area (Å²) in [6, 6.07) is 33.5. The smallest absolute Gasteiger partial charge is 0.193 e. The van der Waals surface area contributed by atoms with Crippen LogP contribution < -0.4 is 0 Å². The molecule has 5 aromatic carbocycles. The quantitative estimate of drug-likeness (QED) is 0.155. The van der Waals surface area contributed by atoms with Crippen LogP contribution in [0.25, 0.3) is 0 Å². The fraction of sp³-hybridized carbons (Fsp3) is 0. The van der Waals surface area contributed by atoms with Gasteiger partial charge < -0.3 is 0 Å². The van der Waals surface area contributed by atoms with Gasteiger partial charge in [0.25, 0.3) is 0 Å². The van der Waals surface area contributed by atoms with E-state index in [1.807, 2.05) is 36.4 Å². The maximum Gasteiger partial charge on any atom is 0.193 e. The number of carbonyl (C=O) groups excluding carboxylic acids is 1. The number of ketones is 1. The normalized spacial score (nSPS) is 11.0. The molecule has 0 N–H and O–H groups in total. The number of benzene rings is 5. The molecule has 0 heterocycles. The van der Waals surface area contributed by atoms with Crippen LogP contribution in [0.4, 0.5) is 13.2 Å². The zero-order chi connectivity index (χ0) is 25.8. The lowest BCUT2D eigenvalue weighted by atomic mass is 10.0. The van der Waals surface area contributed by atoms with Crippen LogP contribution in [0.2, 0.25) is 0 Å². The molecule has 0 radical (unpaired) electrons. The highest BCUT2D eigenvalue weighted by atomic mass is 32.2. The molecule has 0 fully saturated rings. The first-order valence-electron chi connectivity index (χ1n) is 11.4. The van der Waals surface area contributed by atoms with Gasteiger partial charge in [0.1, 0.15) is 28.3 Å². The topological polar surface area (TPSA) is 17.1 Å². The van der Waals surface area contributed by atoms with E-state index in [4.69, 9.17) is 0 Å². The molecule has 0 saturated heterocycles. The van der Waals surface area contributed by atoms with Gasteiger partial charge in [-0.25, -0.2) is 13.2 Å². The van der Waals surface area contributed by atoms with Crippen LogP contribution in [0.3, 0.4) is 0 Å². The van der Waals surface area contributed by atoms with Crippen LogP contribution in [0.5, 0.6) is 0 Å². The summed E-state index contributed by atoms with van der Waals surface area (Å²) in [5, 5.41) is 0. The Morgan fingerprint density at radius 1 is 0.541 bits per heavy atom. The summed E-state index contributed by atoms with van der Waals surface area (Å²) in [5.74, 6) is -1.19. The number of halogens is 3. The molecule has 0 aromatic heterocycles. The molecule has 0 aliphatic heterocycles. The highest BCUT2D eigenvalue weighted by Crippen LogP contribution is 2.39.